The maximum atomic E-state index is 12.4. The molecule has 1 heterocycles. The zero-order chi connectivity index (χ0) is 20.4. The molecule has 9 nitrogen and oxygen atoms in total. The molecule has 2 aromatic rings. The molecule has 0 bridgehead atoms. The van der Waals surface area contributed by atoms with Crippen LogP contribution in [-0.2, 0) is 7.05 Å². The Balaban J connectivity index is 2.23. The van der Waals surface area contributed by atoms with Crippen LogP contribution in [0.2, 0.25) is 10.0 Å². The van der Waals surface area contributed by atoms with Gasteiger partial charge in [-0.05, 0) is 22.6 Å². The topological polar surface area (TPSA) is 105 Å². The van der Waals surface area contributed by atoms with Gasteiger partial charge in [0.15, 0.2) is 0 Å². The van der Waals surface area contributed by atoms with Crippen molar-refractivity contribution in [1.82, 2.24) is 25.1 Å². The molecule has 146 valence electrons. The fourth-order valence-electron chi connectivity index (χ4n) is 1.90. The standard InChI is InChI=1S/C13H12Cl2F3N7O2/c1-24(5-13(16,17)18)12(27)19-8-4-6(14)3-7(9(8)15)10(26)20-11-21-22-23-25(11)2/h3-4H,5H2,1-2H3,(H,19,27)(H,20,21,23,26). The smallest absolute Gasteiger partial charge is 0.318 e. The van der Waals surface area contributed by atoms with Gasteiger partial charge in [0.25, 0.3) is 5.91 Å². The monoisotopic (exact) mass is 425 g/mol. The fourth-order valence-corrected chi connectivity index (χ4v) is 2.36. The normalized spacial score (nSPS) is 11.2. The molecular formula is C13H12Cl2F3N7O2. The highest BCUT2D eigenvalue weighted by Crippen LogP contribution is 2.31. The number of aromatic nitrogens is 4. The number of aryl methyl sites for hydroxylation is 1. The Kier molecular flexibility index (Phi) is 6.11. The lowest BCUT2D eigenvalue weighted by Gasteiger charge is -2.20. The number of carbonyl (C=O) groups is 2. The summed E-state index contributed by atoms with van der Waals surface area (Å²) in [6, 6.07) is 1.34. The summed E-state index contributed by atoms with van der Waals surface area (Å²) in [7, 11) is 2.44. The van der Waals surface area contributed by atoms with E-state index in [-0.39, 0.29) is 27.2 Å². The largest absolute Gasteiger partial charge is 0.406 e. The van der Waals surface area contributed by atoms with Gasteiger partial charge >= 0.3 is 12.2 Å². The molecule has 1 aromatic heterocycles. The van der Waals surface area contributed by atoms with Gasteiger partial charge in [-0.2, -0.15) is 13.2 Å². The zero-order valence-corrected chi connectivity index (χ0v) is 15.3. The third kappa shape index (κ3) is 5.44. The molecule has 27 heavy (non-hydrogen) atoms. The van der Waals surface area contributed by atoms with Crippen LogP contribution < -0.4 is 10.6 Å². The van der Waals surface area contributed by atoms with Crippen molar-refractivity contribution >= 4 is 46.8 Å². The number of halogens is 5. The van der Waals surface area contributed by atoms with Gasteiger partial charge in [0.05, 0.1) is 16.3 Å². The highest BCUT2D eigenvalue weighted by Gasteiger charge is 2.31. The van der Waals surface area contributed by atoms with Gasteiger partial charge in [-0.15, -0.1) is 0 Å². The molecule has 0 aliphatic heterocycles. The molecule has 14 heteroatoms. The molecule has 3 amide bonds. The number of carbonyl (C=O) groups excluding carboxylic acids is 2. The Morgan fingerprint density at radius 1 is 1.26 bits per heavy atom. The predicted molar refractivity (Wildman–Crippen MR) is 90.9 cm³/mol. The molecule has 0 saturated heterocycles. The number of amides is 3. The summed E-state index contributed by atoms with van der Waals surface area (Å²) >= 11 is 12.0. The maximum absolute atomic E-state index is 12.4. The predicted octanol–water partition coefficient (Wildman–Crippen LogP) is 2.80. The molecule has 0 aliphatic rings. The number of benzene rings is 1. The van der Waals surface area contributed by atoms with Crippen molar-refractivity contribution in [3.63, 3.8) is 0 Å². The summed E-state index contributed by atoms with van der Waals surface area (Å²) in [6.07, 6.45) is -4.57. The summed E-state index contributed by atoms with van der Waals surface area (Å²) < 4.78 is 38.4. The molecular weight excluding hydrogens is 414 g/mol. The quantitative estimate of drug-likeness (QED) is 0.783. The SMILES string of the molecule is CN(CC(F)(F)F)C(=O)Nc1cc(Cl)cc(C(=O)Nc2nnnn2C)c1Cl. The summed E-state index contributed by atoms with van der Waals surface area (Å²) in [5.74, 6) is -0.717. The van der Waals surface area contributed by atoms with Crippen LogP contribution in [0.1, 0.15) is 10.4 Å². The van der Waals surface area contributed by atoms with Crippen LogP contribution in [0.15, 0.2) is 12.1 Å². The van der Waals surface area contributed by atoms with Gasteiger partial charge in [0.1, 0.15) is 6.54 Å². The van der Waals surface area contributed by atoms with E-state index < -0.39 is 24.7 Å². The van der Waals surface area contributed by atoms with E-state index >= 15 is 0 Å². The maximum Gasteiger partial charge on any atom is 0.406 e. The van der Waals surface area contributed by atoms with Crippen LogP contribution in [-0.4, -0.2) is 56.8 Å². The van der Waals surface area contributed by atoms with Crippen molar-refractivity contribution in [2.24, 2.45) is 7.05 Å². The first kappa shape index (κ1) is 20.7. The minimum atomic E-state index is -4.57. The highest BCUT2D eigenvalue weighted by atomic mass is 35.5. The van der Waals surface area contributed by atoms with Gasteiger partial charge in [0, 0.05) is 19.1 Å². The first-order chi connectivity index (χ1) is 12.5. The van der Waals surface area contributed by atoms with E-state index in [4.69, 9.17) is 23.2 Å². The summed E-state index contributed by atoms with van der Waals surface area (Å²) in [5.41, 5.74) is -0.273. The van der Waals surface area contributed by atoms with Gasteiger partial charge < -0.3 is 10.2 Å². The number of nitrogens with one attached hydrogen (secondary N) is 2. The number of hydrogen-bond donors (Lipinski definition) is 2. The Morgan fingerprint density at radius 3 is 2.48 bits per heavy atom. The highest BCUT2D eigenvalue weighted by molar-refractivity contribution is 6.39. The Bertz CT molecular complexity index is 872. The van der Waals surface area contributed by atoms with Crippen LogP contribution in [0.3, 0.4) is 0 Å². The number of tetrazole rings is 1. The lowest BCUT2D eigenvalue weighted by molar-refractivity contribution is -0.137. The molecule has 0 aliphatic carbocycles. The van der Waals surface area contributed by atoms with Gasteiger partial charge in [-0.3, -0.25) is 10.1 Å². The molecule has 2 N–H and O–H groups in total. The van der Waals surface area contributed by atoms with Crippen molar-refractivity contribution in [3.8, 4) is 0 Å². The van der Waals surface area contributed by atoms with Crippen LogP contribution in [0, 0.1) is 0 Å². The minimum absolute atomic E-state index is 0.0199. The molecule has 0 atom stereocenters. The minimum Gasteiger partial charge on any atom is -0.318 e. The number of nitrogens with zero attached hydrogens (tertiary/aromatic N) is 5. The lowest BCUT2D eigenvalue weighted by atomic mass is 10.2. The molecule has 1 aromatic carbocycles. The summed E-state index contributed by atoms with van der Waals surface area (Å²) in [6.45, 7) is -1.47. The lowest BCUT2D eigenvalue weighted by Crippen LogP contribution is -2.38. The van der Waals surface area contributed by atoms with E-state index in [0.29, 0.717) is 4.90 Å². The first-order valence-corrected chi connectivity index (χ1v) is 7.85. The Labute approximate surface area is 160 Å². The average molecular weight is 426 g/mol. The number of urea groups is 1. The number of alkyl halides is 3. The number of anilines is 2. The molecule has 0 saturated carbocycles. The Hall–Kier alpha value is -2.60. The number of hydrogen-bond acceptors (Lipinski definition) is 5. The number of rotatable bonds is 4. The van der Waals surface area contributed by atoms with E-state index in [1.165, 1.54) is 23.9 Å². The van der Waals surface area contributed by atoms with Gasteiger partial charge in [-0.1, -0.05) is 28.3 Å². The van der Waals surface area contributed by atoms with Crippen LogP contribution >= 0.6 is 23.2 Å². The van der Waals surface area contributed by atoms with E-state index in [1.807, 2.05) is 0 Å². The zero-order valence-electron chi connectivity index (χ0n) is 13.8. The average Bonchev–Trinajstić information content (AvgIpc) is 2.93. The van der Waals surface area contributed by atoms with Crippen molar-refractivity contribution < 1.29 is 22.8 Å². The molecule has 0 spiro atoms. The second-order valence-corrected chi connectivity index (χ2v) is 6.11. The van der Waals surface area contributed by atoms with E-state index in [1.54, 1.807) is 0 Å². The Morgan fingerprint density at radius 2 is 1.93 bits per heavy atom. The van der Waals surface area contributed by atoms with E-state index in [9.17, 15) is 22.8 Å². The summed E-state index contributed by atoms with van der Waals surface area (Å²) in [5, 5.41) is 14.8. The summed E-state index contributed by atoms with van der Waals surface area (Å²) in [4.78, 5) is 24.7. The van der Waals surface area contributed by atoms with Gasteiger partial charge in [0.2, 0.25) is 5.95 Å². The molecule has 0 fully saturated rings. The molecule has 2 rings (SSSR count). The van der Waals surface area contributed by atoms with Gasteiger partial charge in [-0.25, -0.2) is 9.48 Å². The first-order valence-electron chi connectivity index (χ1n) is 7.09. The molecule has 0 radical (unpaired) electrons. The van der Waals surface area contributed by atoms with Crippen LogP contribution in [0.5, 0.6) is 0 Å². The van der Waals surface area contributed by atoms with E-state index in [2.05, 4.69) is 26.2 Å². The fraction of sp³-hybridized carbons (Fsp3) is 0.308. The second-order valence-electron chi connectivity index (χ2n) is 5.30. The van der Waals surface area contributed by atoms with Crippen molar-refractivity contribution in [2.75, 3.05) is 24.2 Å². The third-order valence-corrected chi connectivity index (χ3v) is 3.76. The van der Waals surface area contributed by atoms with E-state index in [0.717, 1.165) is 7.05 Å². The van der Waals surface area contributed by atoms with Crippen molar-refractivity contribution in [3.05, 3.63) is 27.7 Å². The van der Waals surface area contributed by atoms with Crippen LogP contribution in [0.4, 0.5) is 29.6 Å². The van der Waals surface area contributed by atoms with Crippen LogP contribution in [0.25, 0.3) is 0 Å². The van der Waals surface area contributed by atoms with Crippen molar-refractivity contribution in [2.45, 2.75) is 6.18 Å². The second kappa shape index (κ2) is 7.96. The van der Waals surface area contributed by atoms with Crippen molar-refractivity contribution in [1.29, 1.82) is 0 Å². The third-order valence-electron chi connectivity index (χ3n) is 3.13. The molecule has 0 unspecified atom stereocenters.